The van der Waals surface area contributed by atoms with Crippen molar-refractivity contribution in [3.05, 3.63) is 71.0 Å². The van der Waals surface area contributed by atoms with E-state index < -0.39 is 0 Å². The Bertz CT molecular complexity index is 818. The van der Waals surface area contributed by atoms with Gasteiger partial charge in [0, 0.05) is 18.6 Å². The van der Waals surface area contributed by atoms with Gasteiger partial charge in [0.05, 0.1) is 17.2 Å². The Labute approximate surface area is 133 Å². The fourth-order valence-corrected chi connectivity index (χ4v) is 2.32. The van der Waals surface area contributed by atoms with Crippen LogP contribution in [0.3, 0.4) is 0 Å². The molecule has 0 spiro atoms. The highest BCUT2D eigenvalue weighted by atomic mass is 35.5. The molecule has 110 valence electrons. The summed E-state index contributed by atoms with van der Waals surface area (Å²) in [5.74, 6) is -0.159. The molecule has 1 aromatic heterocycles. The minimum absolute atomic E-state index is 0.159. The summed E-state index contributed by atoms with van der Waals surface area (Å²) in [5.41, 5.74) is 2.84. The van der Waals surface area contributed by atoms with Gasteiger partial charge in [0.15, 0.2) is 0 Å². The maximum Gasteiger partial charge on any atom is 0.274 e. The van der Waals surface area contributed by atoms with E-state index in [1.54, 1.807) is 11.9 Å². The minimum Gasteiger partial charge on any atom is -0.336 e. The van der Waals surface area contributed by atoms with Gasteiger partial charge in [-0.25, -0.2) is 4.98 Å². The summed E-state index contributed by atoms with van der Waals surface area (Å²) in [5, 5.41) is 0.679. The van der Waals surface area contributed by atoms with Crippen LogP contribution in [0.15, 0.2) is 54.7 Å². The molecule has 0 N–H and O–H groups in total. The van der Waals surface area contributed by atoms with Gasteiger partial charge in [-0.05, 0) is 29.8 Å². The number of carbonyl (C=O) groups excluding carboxylic acids is 1. The van der Waals surface area contributed by atoms with E-state index in [1.165, 1.54) is 6.20 Å². The summed E-state index contributed by atoms with van der Waals surface area (Å²) >= 11 is 5.86. The van der Waals surface area contributed by atoms with Crippen molar-refractivity contribution in [2.24, 2.45) is 0 Å². The molecule has 0 unspecified atom stereocenters. The Balaban J connectivity index is 1.80. The van der Waals surface area contributed by atoms with Gasteiger partial charge >= 0.3 is 0 Å². The lowest BCUT2D eigenvalue weighted by Crippen LogP contribution is -2.27. The number of fused-ring (bicyclic) bond motifs is 1. The third kappa shape index (κ3) is 3.07. The van der Waals surface area contributed by atoms with Crippen LogP contribution >= 0.6 is 11.6 Å². The molecule has 3 aromatic rings. The standard InChI is InChI=1S/C17H14ClN3O/c1-21(11-12-6-8-13(18)9-7-12)17(22)16-10-19-14-4-2-3-5-15(14)20-16/h2-10H,11H2,1H3. The Morgan fingerprint density at radius 2 is 1.77 bits per heavy atom. The maximum atomic E-state index is 12.5. The van der Waals surface area contributed by atoms with E-state index in [9.17, 15) is 4.79 Å². The first-order valence-corrected chi connectivity index (χ1v) is 7.23. The number of hydrogen-bond acceptors (Lipinski definition) is 3. The predicted octanol–water partition coefficient (Wildman–Crippen LogP) is 3.56. The van der Waals surface area contributed by atoms with E-state index in [-0.39, 0.29) is 5.91 Å². The van der Waals surface area contributed by atoms with Gasteiger partial charge in [0.25, 0.3) is 5.91 Å². The third-order valence-corrected chi connectivity index (χ3v) is 3.60. The predicted molar refractivity (Wildman–Crippen MR) is 86.8 cm³/mol. The van der Waals surface area contributed by atoms with Crippen molar-refractivity contribution in [2.75, 3.05) is 7.05 Å². The molecule has 0 aliphatic heterocycles. The summed E-state index contributed by atoms with van der Waals surface area (Å²) in [6.45, 7) is 0.491. The number of hydrogen-bond donors (Lipinski definition) is 0. The van der Waals surface area contributed by atoms with Crippen LogP contribution in [0.2, 0.25) is 5.02 Å². The van der Waals surface area contributed by atoms with Crippen LogP contribution in [0, 0.1) is 0 Å². The van der Waals surface area contributed by atoms with Gasteiger partial charge in [-0.1, -0.05) is 35.9 Å². The molecule has 1 amide bonds. The molecule has 0 saturated heterocycles. The first-order chi connectivity index (χ1) is 10.6. The molecule has 4 nitrogen and oxygen atoms in total. The SMILES string of the molecule is CN(Cc1ccc(Cl)cc1)C(=O)c1cnc2ccccc2n1. The van der Waals surface area contributed by atoms with Gasteiger partial charge in [-0.2, -0.15) is 0 Å². The summed E-state index contributed by atoms with van der Waals surface area (Å²) in [6, 6.07) is 14.9. The minimum atomic E-state index is -0.159. The normalized spacial score (nSPS) is 10.6. The van der Waals surface area contributed by atoms with Crippen LogP contribution in [0.25, 0.3) is 11.0 Å². The summed E-state index contributed by atoms with van der Waals surface area (Å²) < 4.78 is 0. The smallest absolute Gasteiger partial charge is 0.274 e. The Morgan fingerprint density at radius 3 is 2.50 bits per heavy atom. The van der Waals surface area contributed by atoms with Gasteiger partial charge in [-0.15, -0.1) is 0 Å². The maximum absolute atomic E-state index is 12.5. The van der Waals surface area contributed by atoms with Crippen molar-refractivity contribution >= 4 is 28.5 Å². The number of amides is 1. The fourth-order valence-electron chi connectivity index (χ4n) is 2.19. The lowest BCUT2D eigenvalue weighted by molar-refractivity contribution is 0.0779. The van der Waals surface area contributed by atoms with E-state index in [2.05, 4.69) is 9.97 Å². The molecule has 1 heterocycles. The average Bonchev–Trinajstić information content (AvgIpc) is 2.55. The fraction of sp³-hybridized carbons (Fsp3) is 0.118. The molecule has 3 rings (SSSR count). The number of para-hydroxylation sites is 2. The highest BCUT2D eigenvalue weighted by Crippen LogP contribution is 2.13. The molecule has 0 fully saturated rings. The second-order valence-electron chi connectivity index (χ2n) is 5.03. The van der Waals surface area contributed by atoms with Crippen molar-refractivity contribution in [3.63, 3.8) is 0 Å². The Hall–Kier alpha value is -2.46. The zero-order chi connectivity index (χ0) is 15.5. The van der Waals surface area contributed by atoms with E-state index in [4.69, 9.17) is 11.6 Å². The number of aromatic nitrogens is 2. The second-order valence-corrected chi connectivity index (χ2v) is 5.47. The van der Waals surface area contributed by atoms with Gasteiger partial charge in [0.2, 0.25) is 0 Å². The number of halogens is 1. The summed E-state index contributed by atoms with van der Waals surface area (Å²) in [4.78, 5) is 22.7. The lowest BCUT2D eigenvalue weighted by atomic mass is 10.2. The van der Waals surface area contributed by atoms with E-state index in [1.807, 2.05) is 48.5 Å². The van der Waals surface area contributed by atoms with Gasteiger partial charge < -0.3 is 4.90 Å². The summed E-state index contributed by atoms with van der Waals surface area (Å²) in [6.07, 6.45) is 1.52. The molecule has 0 bridgehead atoms. The van der Waals surface area contributed by atoms with Crippen LogP contribution in [0.1, 0.15) is 16.1 Å². The Morgan fingerprint density at radius 1 is 1.09 bits per heavy atom. The van der Waals surface area contributed by atoms with E-state index in [0.29, 0.717) is 22.8 Å². The van der Waals surface area contributed by atoms with Crippen molar-refractivity contribution in [1.82, 2.24) is 14.9 Å². The number of benzene rings is 2. The molecule has 5 heteroatoms. The Kier molecular flexibility index (Phi) is 4.02. The van der Waals surface area contributed by atoms with Gasteiger partial charge in [0.1, 0.15) is 5.69 Å². The topological polar surface area (TPSA) is 46.1 Å². The van der Waals surface area contributed by atoms with Crippen molar-refractivity contribution < 1.29 is 4.79 Å². The molecular formula is C17H14ClN3O. The summed E-state index contributed by atoms with van der Waals surface area (Å²) in [7, 11) is 1.74. The molecule has 0 radical (unpaired) electrons. The van der Waals surface area contributed by atoms with Crippen LogP contribution in [0.5, 0.6) is 0 Å². The zero-order valence-corrected chi connectivity index (χ0v) is 12.8. The number of rotatable bonds is 3. The first kappa shape index (κ1) is 14.5. The lowest BCUT2D eigenvalue weighted by Gasteiger charge is -2.16. The number of carbonyl (C=O) groups is 1. The molecule has 0 aliphatic rings. The monoisotopic (exact) mass is 311 g/mol. The van der Waals surface area contributed by atoms with Crippen molar-refractivity contribution in [3.8, 4) is 0 Å². The molecule has 0 aliphatic carbocycles. The van der Waals surface area contributed by atoms with Crippen molar-refractivity contribution in [1.29, 1.82) is 0 Å². The van der Waals surface area contributed by atoms with Gasteiger partial charge in [-0.3, -0.25) is 9.78 Å². The highest BCUT2D eigenvalue weighted by Gasteiger charge is 2.14. The quantitative estimate of drug-likeness (QED) is 0.743. The largest absolute Gasteiger partial charge is 0.336 e. The van der Waals surface area contributed by atoms with Crippen LogP contribution in [-0.4, -0.2) is 27.8 Å². The number of nitrogens with zero attached hydrogens (tertiary/aromatic N) is 3. The molecule has 2 aromatic carbocycles. The highest BCUT2D eigenvalue weighted by molar-refractivity contribution is 6.30. The first-order valence-electron chi connectivity index (χ1n) is 6.85. The second kappa shape index (κ2) is 6.12. The zero-order valence-electron chi connectivity index (χ0n) is 12.0. The average molecular weight is 312 g/mol. The molecule has 22 heavy (non-hydrogen) atoms. The van der Waals surface area contributed by atoms with Crippen molar-refractivity contribution in [2.45, 2.75) is 6.54 Å². The van der Waals surface area contributed by atoms with Crippen LogP contribution < -0.4 is 0 Å². The van der Waals surface area contributed by atoms with E-state index in [0.717, 1.165) is 11.1 Å². The van der Waals surface area contributed by atoms with E-state index >= 15 is 0 Å². The third-order valence-electron chi connectivity index (χ3n) is 3.35. The van der Waals surface area contributed by atoms with Crippen LogP contribution in [-0.2, 0) is 6.54 Å². The molecule has 0 saturated carbocycles. The molecule has 0 atom stereocenters. The molecular weight excluding hydrogens is 298 g/mol. The van der Waals surface area contributed by atoms with Crippen LogP contribution in [0.4, 0.5) is 0 Å².